The molecule has 1 aliphatic heterocycles. The number of rotatable bonds is 10. The van der Waals surface area contributed by atoms with E-state index in [9.17, 15) is 23.7 Å². The van der Waals surface area contributed by atoms with Crippen LogP contribution in [0.2, 0.25) is 0 Å². The van der Waals surface area contributed by atoms with Gasteiger partial charge in [-0.1, -0.05) is 6.07 Å². The molecule has 14 heteroatoms. The molecule has 1 aliphatic rings. The first-order valence-corrected chi connectivity index (χ1v) is 10.6. The van der Waals surface area contributed by atoms with Crippen molar-refractivity contribution in [3.8, 4) is 5.75 Å². The van der Waals surface area contributed by atoms with Gasteiger partial charge in [0.05, 0.1) is 26.1 Å². The minimum absolute atomic E-state index is 0.132. The number of aliphatic carboxylic acids is 1. The molecule has 1 N–H and O–H groups in total. The number of benzene rings is 1. The molecule has 1 aromatic rings. The van der Waals surface area contributed by atoms with Crippen molar-refractivity contribution in [2.45, 2.75) is 25.9 Å². The fourth-order valence-electron chi connectivity index (χ4n) is 2.18. The number of carboxylic acid groups (broad SMARTS) is 1. The molecule has 0 atom stereocenters. The number of hydrogen-bond donors (Lipinski definition) is 1. The monoisotopic (exact) mass is 480 g/mol. The Morgan fingerprint density at radius 1 is 1.06 bits per heavy atom. The zero-order valence-corrected chi connectivity index (χ0v) is 17.6. The number of esters is 2. The summed E-state index contributed by atoms with van der Waals surface area (Å²) >= 11 is 5.12. The summed E-state index contributed by atoms with van der Waals surface area (Å²) in [6.45, 7) is -0.819. The van der Waals surface area contributed by atoms with Gasteiger partial charge in [-0.25, -0.2) is 14.2 Å². The highest BCUT2D eigenvalue weighted by Gasteiger charge is 2.33. The number of phosphoric ester groups is 1. The molecule has 1 heterocycles. The van der Waals surface area contributed by atoms with Crippen LogP contribution in [0.3, 0.4) is 0 Å². The average Bonchev–Trinajstić information content (AvgIpc) is 2.71. The van der Waals surface area contributed by atoms with Gasteiger partial charge in [-0.15, -0.1) is 0 Å². The normalized spacial score (nSPS) is 14.9. The van der Waals surface area contributed by atoms with E-state index >= 15 is 0 Å². The topological polar surface area (TPSA) is 161 Å². The van der Waals surface area contributed by atoms with Gasteiger partial charge in [0, 0.05) is 11.6 Å². The third-order valence-corrected chi connectivity index (χ3v) is 5.09. The standard InChI is InChI=1S/C17H18ClO12P/c18-17(23)25-9-11-2-3-13(30-31(24)28-6-1-7-29-31)12(8-11)16(22)27-10-26-15(21)5-4-14(19)20/h2-3,8H,1,4-7,9-10H2,(H,19,20). The third kappa shape index (κ3) is 8.54. The summed E-state index contributed by atoms with van der Waals surface area (Å²) in [6, 6.07) is 3.89. The second-order valence-corrected chi connectivity index (χ2v) is 7.78. The van der Waals surface area contributed by atoms with Gasteiger partial charge in [0.1, 0.15) is 17.9 Å². The molecule has 1 fully saturated rings. The van der Waals surface area contributed by atoms with E-state index in [0.717, 1.165) is 0 Å². The molecule has 0 bridgehead atoms. The lowest BCUT2D eigenvalue weighted by molar-refractivity contribution is -0.154. The highest BCUT2D eigenvalue weighted by atomic mass is 35.5. The van der Waals surface area contributed by atoms with Crippen LogP contribution < -0.4 is 4.52 Å². The molecule has 0 aromatic heterocycles. The predicted octanol–water partition coefficient (Wildman–Crippen LogP) is 3.01. The highest BCUT2D eigenvalue weighted by molar-refractivity contribution is 7.49. The summed E-state index contributed by atoms with van der Waals surface area (Å²) in [5.74, 6) is -3.33. The molecule has 0 radical (unpaired) electrons. The van der Waals surface area contributed by atoms with Crippen molar-refractivity contribution in [2.24, 2.45) is 0 Å². The maximum atomic E-state index is 12.5. The number of halogens is 1. The Morgan fingerprint density at radius 2 is 1.77 bits per heavy atom. The number of hydrogen-bond acceptors (Lipinski definition) is 11. The molecular formula is C17H18ClO12P. The van der Waals surface area contributed by atoms with Crippen LogP contribution in [0.1, 0.15) is 35.2 Å². The van der Waals surface area contributed by atoms with Gasteiger partial charge < -0.3 is 23.8 Å². The second-order valence-electron chi connectivity index (χ2n) is 5.88. The minimum Gasteiger partial charge on any atom is -0.481 e. The molecule has 2 rings (SSSR count). The summed E-state index contributed by atoms with van der Waals surface area (Å²) < 4.78 is 41.9. The maximum absolute atomic E-state index is 12.5. The fraction of sp³-hybridized carbons (Fsp3) is 0.412. The van der Waals surface area contributed by atoms with Crippen molar-refractivity contribution in [1.82, 2.24) is 0 Å². The average molecular weight is 481 g/mol. The zero-order chi connectivity index (χ0) is 22.9. The maximum Gasteiger partial charge on any atom is 0.530 e. The Morgan fingerprint density at radius 3 is 2.42 bits per heavy atom. The molecule has 170 valence electrons. The first-order valence-electron chi connectivity index (χ1n) is 8.77. The van der Waals surface area contributed by atoms with Crippen LogP contribution >= 0.6 is 19.4 Å². The Bertz CT molecular complexity index is 876. The Labute approximate surface area is 180 Å². The lowest BCUT2D eigenvalue weighted by Gasteiger charge is -2.23. The van der Waals surface area contributed by atoms with E-state index in [1.807, 2.05) is 0 Å². The van der Waals surface area contributed by atoms with E-state index in [1.54, 1.807) is 0 Å². The highest BCUT2D eigenvalue weighted by Crippen LogP contribution is 2.52. The van der Waals surface area contributed by atoms with E-state index < -0.39 is 50.8 Å². The molecule has 0 unspecified atom stereocenters. The van der Waals surface area contributed by atoms with Crippen molar-refractivity contribution in [3.63, 3.8) is 0 Å². The van der Waals surface area contributed by atoms with Gasteiger partial charge in [-0.2, -0.15) is 0 Å². The van der Waals surface area contributed by atoms with Crippen molar-refractivity contribution >= 4 is 42.8 Å². The molecule has 0 saturated carbocycles. The Kier molecular flexibility index (Phi) is 9.25. The smallest absolute Gasteiger partial charge is 0.481 e. The lowest BCUT2D eigenvalue weighted by atomic mass is 10.1. The summed E-state index contributed by atoms with van der Waals surface area (Å²) in [5.41, 5.74) is -1.00. The van der Waals surface area contributed by atoms with E-state index in [4.69, 9.17) is 35.0 Å². The SMILES string of the molecule is O=C(O)CCC(=O)OCOC(=O)c1cc(COC(=O)Cl)ccc1OP1(=O)OCCCO1. The summed E-state index contributed by atoms with van der Waals surface area (Å²) in [7, 11) is -3.96. The Hall–Kier alpha value is -2.66. The first-order chi connectivity index (χ1) is 14.7. The van der Waals surface area contributed by atoms with Crippen LogP contribution in [-0.4, -0.2) is 48.4 Å². The molecule has 0 spiro atoms. The summed E-state index contributed by atoms with van der Waals surface area (Å²) in [4.78, 5) is 45.1. The lowest BCUT2D eigenvalue weighted by Crippen LogP contribution is -2.16. The van der Waals surface area contributed by atoms with Gasteiger partial charge in [-0.05, 0) is 24.1 Å². The predicted molar refractivity (Wildman–Crippen MR) is 100 cm³/mol. The van der Waals surface area contributed by atoms with Crippen LogP contribution in [0, 0.1) is 0 Å². The molecule has 1 saturated heterocycles. The van der Waals surface area contributed by atoms with Gasteiger partial charge in [0.25, 0.3) is 0 Å². The minimum atomic E-state index is -3.96. The summed E-state index contributed by atoms with van der Waals surface area (Å²) in [5, 5.41) is 8.52. The van der Waals surface area contributed by atoms with E-state index in [1.165, 1.54) is 18.2 Å². The number of ether oxygens (including phenoxy) is 3. The van der Waals surface area contributed by atoms with Crippen molar-refractivity contribution in [3.05, 3.63) is 29.3 Å². The van der Waals surface area contributed by atoms with Crippen molar-refractivity contribution in [2.75, 3.05) is 20.0 Å². The van der Waals surface area contributed by atoms with Crippen LogP contribution in [0.15, 0.2) is 18.2 Å². The van der Waals surface area contributed by atoms with Gasteiger partial charge >= 0.3 is 31.2 Å². The zero-order valence-electron chi connectivity index (χ0n) is 15.9. The summed E-state index contributed by atoms with van der Waals surface area (Å²) in [6.07, 6.45) is -0.335. The van der Waals surface area contributed by atoms with Crippen molar-refractivity contribution in [1.29, 1.82) is 0 Å². The van der Waals surface area contributed by atoms with Gasteiger partial charge in [0.15, 0.2) is 0 Å². The number of carbonyl (C=O) groups excluding carboxylic acids is 3. The Balaban J connectivity index is 2.10. The molecule has 0 amide bonds. The van der Waals surface area contributed by atoms with Gasteiger partial charge in [0.2, 0.25) is 6.79 Å². The molecule has 31 heavy (non-hydrogen) atoms. The van der Waals surface area contributed by atoms with Crippen LogP contribution in [-0.2, 0) is 44.0 Å². The van der Waals surface area contributed by atoms with Crippen LogP contribution in [0.25, 0.3) is 0 Å². The van der Waals surface area contributed by atoms with Crippen molar-refractivity contribution < 1.29 is 56.6 Å². The number of carbonyl (C=O) groups is 4. The van der Waals surface area contributed by atoms with E-state index in [2.05, 4.69) is 9.47 Å². The van der Waals surface area contributed by atoms with Gasteiger partial charge in [-0.3, -0.25) is 18.6 Å². The van der Waals surface area contributed by atoms with Crippen LogP contribution in [0.4, 0.5) is 4.79 Å². The quantitative estimate of drug-likeness (QED) is 0.226. The number of phosphoric acid groups is 1. The second kappa shape index (κ2) is 11.7. The number of carboxylic acids is 1. The molecular weight excluding hydrogens is 463 g/mol. The fourth-order valence-corrected chi connectivity index (χ4v) is 3.52. The molecule has 1 aromatic carbocycles. The van der Waals surface area contributed by atoms with Crippen LogP contribution in [0.5, 0.6) is 5.75 Å². The van der Waals surface area contributed by atoms with E-state index in [0.29, 0.717) is 12.0 Å². The largest absolute Gasteiger partial charge is 0.530 e. The van der Waals surface area contributed by atoms with E-state index in [-0.39, 0.29) is 31.1 Å². The molecule has 0 aliphatic carbocycles. The third-order valence-electron chi connectivity index (χ3n) is 3.57. The molecule has 12 nitrogen and oxygen atoms in total. The first kappa shape index (κ1) is 24.6.